The third kappa shape index (κ3) is 2.38. The molecule has 1 aliphatic rings. The Morgan fingerprint density at radius 2 is 2.24 bits per heavy atom. The highest BCUT2D eigenvalue weighted by molar-refractivity contribution is 5.71. The number of carboxylic acids is 1. The SMILES string of the molecule is COc1ccccc1-n1nccc1C1OCCC1C(=O)O. The van der Waals surface area contributed by atoms with Gasteiger partial charge < -0.3 is 14.6 Å². The number of carboxylic acid groups (broad SMARTS) is 1. The lowest BCUT2D eigenvalue weighted by atomic mass is 9.99. The van der Waals surface area contributed by atoms with Gasteiger partial charge in [0.15, 0.2) is 0 Å². The molecular formula is C15H16N2O4. The number of nitrogens with zero attached hydrogens (tertiary/aromatic N) is 2. The van der Waals surface area contributed by atoms with E-state index in [4.69, 9.17) is 9.47 Å². The Kier molecular flexibility index (Phi) is 3.62. The van der Waals surface area contributed by atoms with Crippen LogP contribution in [-0.4, -0.2) is 34.6 Å². The summed E-state index contributed by atoms with van der Waals surface area (Å²) in [5, 5.41) is 13.6. The maximum absolute atomic E-state index is 11.3. The molecule has 6 heteroatoms. The first-order chi connectivity index (χ1) is 10.2. The Labute approximate surface area is 121 Å². The molecular weight excluding hydrogens is 272 g/mol. The van der Waals surface area contributed by atoms with Gasteiger partial charge in [0, 0.05) is 12.8 Å². The van der Waals surface area contributed by atoms with Crippen LogP contribution in [0.5, 0.6) is 5.75 Å². The van der Waals surface area contributed by atoms with Crippen LogP contribution in [0.1, 0.15) is 18.2 Å². The van der Waals surface area contributed by atoms with E-state index in [2.05, 4.69) is 5.10 Å². The summed E-state index contributed by atoms with van der Waals surface area (Å²) in [7, 11) is 1.59. The summed E-state index contributed by atoms with van der Waals surface area (Å²) in [4.78, 5) is 11.3. The Hall–Kier alpha value is -2.34. The highest BCUT2D eigenvalue weighted by Crippen LogP contribution is 2.36. The van der Waals surface area contributed by atoms with E-state index in [0.717, 1.165) is 11.4 Å². The van der Waals surface area contributed by atoms with Crippen molar-refractivity contribution in [3.05, 3.63) is 42.2 Å². The monoisotopic (exact) mass is 288 g/mol. The molecule has 0 bridgehead atoms. The first-order valence-corrected chi connectivity index (χ1v) is 6.74. The molecule has 0 aliphatic carbocycles. The van der Waals surface area contributed by atoms with Gasteiger partial charge in [0.2, 0.25) is 0 Å². The first kappa shape index (κ1) is 13.6. The molecule has 0 saturated carbocycles. The highest BCUT2D eigenvalue weighted by atomic mass is 16.5. The minimum Gasteiger partial charge on any atom is -0.494 e. The minimum absolute atomic E-state index is 0.443. The predicted octanol–water partition coefficient (Wildman–Crippen LogP) is 2.04. The third-order valence-corrected chi connectivity index (χ3v) is 3.69. The minimum atomic E-state index is -0.842. The topological polar surface area (TPSA) is 73.6 Å². The largest absolute Gasteiger partial charge is 0.494 e. The van der Waals surface area contributed by atoms with Gasteiger partial charge >= 0.3 is 5.97 Å². The van der Waals surface area contributed by atoms with Crippen LogP contribution in [0.4, 0.5) is 0 Å². The quantitative estimate of drug-likeness (QED) is 0.932. The van der Waals surface area contributed by atoms with Gasteiger partial charge in [-0.1, -0.05) is 12.1 Å². The molecule has 1 N–H and O–H groups in total. The van der Waals surface area contributed by atoms with Crippen molar-refractivity contribution < 1.29 is 19.4 Å². The fraction of sp³-hybridized carbons (Fsp3) is 0.333. The second-order valence-corrected chi connectivity index (χ2v) is 4.86. The molecule has 0 amide bonds. The molecule has 2 aromatic rings. The molecule has 1 aromatic heterocycles. The smallest absolute Gasteiger partial charge is 0.309 e. The maximum Gasteiger partial charge on any atom is 0.309 e. The van der Waals surface area contributed by atoms with Crippen molar-refractivity contribution in [3.63, 3.8) is 0 Å². The van der Waals surface area contributed by atoms with E-state index >= 15 is 0 Å². The van der Waals surface area contributed by atoms with E-state index in [0.29, 0.717) is 18.8 Å². The number of carbonyl (C=O) groups is 1. The van der Waals surface area contributed by atoms with Gasteiger partial charge in [0.1, 0.15) is 17.5 Å². The van der Waals surface area contributed by atoms with Crippen molar-refractivity contribution >= 4 is 5.97 Å². The van der Waals surface area contributed by atoms with E-state index < -0.39 is 18.0 Å². The van der Waals surface area contributed by atoms with Crippen molar-refractivity contribution in [1.82, 2.24) is 9.78 Å². The Balaban J connectivity index is 2.03. The van der Waals surface area contributed by atoms with E-state index in [1.165, 1.54) is 0 Å². The number of para-hydroxylation sites is 2. The van der Waals surface area contributed by atoms with Gasteiger partial charge in [-0.15, -0.1) is 0 Å². The summed E-state index contributed by atoms with van der Waals surface area (Å²) in [6.45, 7) is 0.443. The van der Waals surface area contributed by atoms with Crippen molar-refractivity contribution in [2.24, 2.45) is 5.92 Å². The van der Waals surface area contributed by atoms with Crippen molar-refractivity contribution in [1.29, 1.82) is 0 Å². The fourth-order valence-corrected chi connectivity index (χ4v) is 2.67. The van der Waals surface area contributed by atoms with Crippen LogP contribution in [0.3, 0.4) is 0 Å². The number of hydrogen-bond donors (Lipinski definition) is 1. The third-order valence-electron chi connectivity index (χ3n) is 3.69. The zero-order valence-corrected chi connectivity index (χ0v) is 11.6. The van der Waals surface area contributed by atoms with Crippen LogP contribution < -0.4 is 4.74 Å². The Morgan fingerprint density at radius 3 is 3.00 bits per heavy atom. The van der Waals surface area contributed by atoms with Crippen molar-refractivity contribution in [2.45, 2.75) is 12.5 Å². The number of ether oxygens (including phenoxy) is 2. The van der Waals surface area contributed by atoms with E-state index in [1.807, 2.05) is 24.3 Å². The number of rotatable bonds is 4. The van der Waals surface area contributed by atoms with Crippen molar-refractivity contribution in [2.75, 3.05) is 13.7 Å². The number of aliphatic carboxylic acids is 1. The molecule has 2 unspecified atom stereocenters. The molecule has 3 rings (SSSR count). The zero-order chi connectivity index (χ0) is 14.8. The molecule has 6 nitrogen and oxygen atoms in total. The first-order valence-electron chi connectivity index (χ1n) is 6.74. The molecule has 21 heavy (non-hydrogen) atoms. The van der Waals surface area contributed by atoms with Gasteiger partial charge in [-0.05, 0) is 24.6 Å². The number of benzene rings is 1. The summed E-state index contributed by atoms with van der Waals surface area (Å²) in [5.41, 5.74) is 1.49. The van der Waals surface area contributed by atoms with Gasteiger partial charge in [-0.3, -0.25) is 4.79 Å². The van der Waals surface area contributed by atoms with E-state index in [-0.39, 0.29) is 0 Å². The van der Waals surface area contributed by atoms with Gasteiger partial charge in [-0.25, -0.2) is 4.68 Å². The second-order valence-electron chi connectivity index (χ2n) is 4.86. The summed E-state index contributed by atoms with van der Waals surface area (Å²) in [6, 6.07) is 9.26. The molecule has 0 spiro atoms. The second kappa shape index (κ2) is 5.57. The van der Waals surface area contributed by atoms with Crippen LogP contribution in [0.15, 0.2) is 36.5 Å². The lowest BCUT2D eigenvalue weighted by molar-refractivity contribution is -0.143. The highest BCUT2D eigenvalue weighted by Gasteiger charge is 2.37. The molecule has 1 fully saturated rings. The van der Waals surface area contributed by atoms with Crippen molar-refractivity contribution in [3.8, 4) is 11.4 Å². The van der Waals surface area contributed by atoms with Crippen LogP contribution >= 0.6 is 0 Å². The molecule has 0 radical (unpaired) electrons. The lowest BCUT2D eigenvalue weighted by Crippen LogP contribution is -2.20. The standard InChI is InChI=1S/C15H16N2O4/c1-20-13-5-3-2-4-11(13)17-12(6-8-16-17)14-10(15(18)19)7-9-21-14/h2-6,8,10,14H,7,9H2,1H3,(H,18,19). The predicted molar refractivity (Wildman–Crippen MR) is 74.6 cm³/mol. The van der Waals surface area contributed by atoms with Gasteiger partial charge in [-0.2, -0.15) is 5.10 Å². The number of hydrogen-bond acceptors (Lipinski definition) is 4. The number of methoxy groups -OCH3 is 1. The molecule has 1 saturated heterocycles. The molecule has 1 aromatic carbocycles. The molecule has 110 valence electrons. The van der Waals surface area contributed by atoms with Crippen LogP contribution in [0.25, 0.3) is 5.69 Å². The van der Waals surface area contributed by atoms with E-state index in [1.54, 1.807) is 24.1 Å². The average molecular weight is 288 g/mol. The molecule has 2 heterocycles. The molecule has 1 aliphatic heterocycles. The Bertz CT molecular complexity index is 653. The van der Waals surface area contributed by atoms with Gasteiger partial charge in [0.05, 0.1) is 18.7 Å². The summed E-state index contributed by atoms with van der Waals surface area (Å²) in [6.07, 6.45) is 1.66. The molecule has 2 atom stereocenters. The zero-order valence-electron chi connectivity index (χ0n) is 11.6. The normalized spacial score (nSPS) is 21.4. The average Bonchev–Trinajstić information content (AvgIpc) is 3.15. The lowest BCUT2D eigenvalue weighted by Gasteiger charge is -2.18. The van der Waals surface area contributed by atoms with Crippen LogP contribution in [0, 0.1) is 5.92 Å². The summed E-state index contributed by atoms with van der Waals surface area (Å²) < 4.78 is 12.7. The van der Waals surface area contributed by atoms with Crippen LogP contribution in [0.2, 0.25) is 0 Å². The summed E-state index contributed by atoms with van der Waals surface area (Å²) >= 11 is 0. The van der Waals surface area contributed by atoms with E-state index in [9.17, 15) is 9.90 Å². The Morgan fingerprint density at radius 1 is 1.43 bits per heavy atom. The summed E-state index contributed by atoms with van der Waals surface area (Å²) in [5.74, 6) is -0.715. The van der Waals surface area contributed by atoms with Crippen LogP contribution in [-0.2, 0) is 9.53 Å². The van der Waals surface area contributed by atoms with Gasteiger partial charge in [0.25, 0.3) is 0 Å². The number of aromatic nitrogens is 2. The fourth-order valence-electron chi connectivity index (χ4n) is 2.67. The maximum atomic E-state index is 11.3.